The largest absolute Gasteiger partial charge is 0.416 e. The van der Waals surface area contributed by atoms with E-state index in [0.717, 1.165) is 12.1 Å². The van der Waals surface area contributed by atoms with Crippen molar-refractivity contribution in [3.8, 4) is 0 Å². The Morgan fingerprint density at radius 1 is 1.22 bits per heavy atom. The van der Waals surface area contributed by atoms with Crippen LogP contribution in [0.2, 0.25) is 0 Å². The number of halogens is 3. The van der Waals surface area contributed by atoms with Crippen LogP contribution in [-0.4, -0.2) is 16.9 Å². The molecule has 2 heterocycles. The first-order valence-corrected chi connectivity index (χ1v) is 7.03. The van der Waals surface area contributed by atoms with E-state index in [1.165, 1.54) is 17.0 Å². The van der Waals surface area contributed by atoms with Gasteiger partial charge in [0.15, 0.2) is 0 Å². The van der Waals surface area contributed by atoms with Crippen LogP contribution in [0.3, 0.4) is 0 Å². The maximum Gasteiger partial charge on any atom is 0.416 e. The van der Waals surface area contributed by atoms with Gasteiger partial charge in [-0.1, -0.05) is 12.1 Å². The molecule has 1 aromatic carbocycles. The van der Waals surface area contributed by atoms with Gasteiger partial charge in [0.05, 0.1) is 29.5 Å². The van der Waals surface area contributed by atoms with Gasteiger partial charge < -0.3 is 10.6 Å². The number of fused-ring (bicyclic) bond motifs is 1. The first kappa shape index (κ1) is 15.5. The third-order valence-electron chi connectivity index (χ3n) is 3.78. The molecule has 0 saturated heterocycles. The van der Waals surface area contributed by atoms with Crippen LogP contribution in [0.4, 0.5) is 18.9 Å². The third-order valence-corrected chi connectivity index (χ3v) is 3.78. The minimum absolute atomic E-state index is 0.156. The highest BCUT2D eigenvalue weighted by Gasteiger charge is 2.32. The summed E-state index contributed by atoms with van der Waals surface area (Å²) in [5, 5.41) is 0. The summed E-state index contributed by atoms with van der Waals surface area (Å²) in [5.74, 6) is -0.259. The molecule has 2 N–H and O–H groups in total. The molecule has 7 heteroatoms. The van der Waals surface area contributed by atoms with E-state index in [-0.39, 0.29) is 12.5 Å². The topological polar surface area (TPSA) is 59.2 Å². The number of hydrogen-bond donors (Lipinski definition) is 1. The Balaban J connectivity index is 1.88. The number of pyridine rings is 1. The molecule has 4 nitrogen and oxygen atoms in total. The number of alkyl halides is 3. The number of hydrogen-bond acceptors (Lipinski definition) is 3. The average Bonchev–Trinajstić information content (AvgIpc) is 2.51. The van der Waals surface area contributed by atoms with E-state index in [9.17, 15) is 18.0 Å². The van der Waals surface area contributed by atoms with Crippen LogP contribution in [0.5, 0.6) is 0 Å². The number of amides is 1. The van der Waals surface area contributed by atoms with Crippen molar-refractivity contribution in [3.63, 3.8) is 0 Å². The highest BCUT2D eigenvalue weighted by atomic mass is 19.4. The Morgan fingerprint density at radius 2 is 1.91 bits per heavy atom. The van der Waals surface area contributed by atoms with Crippen molar-refractivity contribution in [2.75, 3.05) is 4.90 Å². The zero-order valence-corrected chi connectivity index (χ0v) is 12.0. The van der Waals surface area contributed by atoms with Crippen LogP contribution >= 0.6 is 0 Å². The number of anilines is 1. The second kappa shape index (κ2) is 5.66. The summed E-state index contributed by atoms with van der Waals surface area (Å²) in [5.41, 5.74) is 7.08. The number of nitrogens with two attached hydrogens (primary N) is 1. The molecule has 1 aliphatic rings. The summed E-state index contributed by atoms with van der Waals surface area (Å²) < 4.78 is 37.8. The van der Waals surface area contributed by atoms with E-state index in [4.69, 9.17) is 5.73 Å². The first-order valence-electron chi connectivity index (χ1n) is 7.03. The third kappa shape index (κ3) is 3.05. The van der Waals surface area contributed by atoms with Gasteiger partial charge in [0.25, 0.3) is 0 Å². The van der Waals surface area contributed by atoms with Gasteiger partial charge in [-0.3, -0.25) is 9.78 Å². The Labute approximate surface area is 130 Å². The van der Waals surface area contributed by atoms with E-state index >= 15 is 0 Å². The summed E-state index contributed by atoms with van der Waals surface area (Å²) in [6.45, 7) is 0.156. The van der Waals surface area contributed by atoms with Gasteiger partial charge in [-0.15, -0.1) is 0 Å². The monoisotopic (exact) mass is 321 g/mol. The van der Waals surface area contributed by atoms with E-state index in [2.05, 4.69) is 4.98 Å². The molecule has 23 heavy (non-hydrogen) atoms. The molecule has 0 bridgehead atoms. The fourth-order valence-corrected chi connectivity index (χ4v) is 2.59. The maximum atomic E-state index is 12.6. The number of carbonyl (C=O) groups is 1. The van der Waals surface area contributed by atoms with Crippen molar-refractivity contribution in [1.82, 2.24) is 4.98 Å². The van der Waals surface area contributed by atoms with Gasteiger partial charge in [-0.2, -0.15) is 13.2 Å². The molecular weight excluding hydrogens is 307 g/mol. The van der Waals surface area contributed by atoms with Crippen molar-refractivity contribution in [1.29, 1.82) is 0 Å². The second-order valence-electron chi connectivity index (χ2n) is 5.40. The van der Waals surface area contributed by atoms with Gasteiger partial charge in [0, 0.05) is 12.6 Å². The molecule has 1 unspecified atom stereocenters. The molecule has 0 radical (unpaired) electrons. The van der Waals surface area contributed by atoms with Crippen molar-refractivity contribution >= 4 is 11.6 Å². The van der Waals surface area contributed by atoms with Gasteiger partial charge in [0.2, 0.25) is 5.91 Å². The quantitative estimate of drug-likeness (QED) is 0.924. The molecule has 0 spiro atoms. The highest BCUT2D eigenvalue weighted by Crippen LogP contribution is 2.30. The lowest BCUT2D eigenvalue weighted by Crippen LogP contribution is -2.48. The summed E-state index contributed by atoms with van der Waals surface area (Å²) in [6.07, 6.45) is -2.39. The standard InChI is InChI=1S/C16H14F3N3O/c17-16(18,19)11-5-3-10(4-6-11)9-22-14-2-1-7-21-13(14)8-12(20)15(22)23/h1-7,12H,8-9,20H2. The Morgan fingerprint density at radius 3 is 2.57 bits per heavy atom. The molecule has 2 aromatic rings. The number of rotatable bonds is 2. The van der Waals surface area contributed by atoms with Crippen molar-refractivity contribution < 1.29 is 18.0 Å². The molecule has 0 fully saturated rings. The van der Waals surface area contributed by atoms with E-state index in [1.807, 2.05) is 0 Å². The predicted molar refractivity (Wildman–Crippen MR) is 78.6 cm³/mol. The minimum atomic E-state index is -4.38. The summed E-state index contributed by atoms with van der Waals surface area (Å²) in [7, 11) is 0. The first-order chi connectivity index (χ1) is 10.9. The maximum absolute atomic E-state index is 12.6. The fraction of sp³-hybridized carbons (Fsp3) is 0.250. The van der Waals surface area contributed by atoms with Crippen LogP contribution in [0.1, 0.15) is 16.8 Å². The molecule has 120 valence electrons. The number of aromatic nitrogens is 1. The van der Waals surface area contributed by atoms with Crippen LogP contribution in [0, 0.1) is 0 Å². The van der Waals surface area contributed by atoms with Gasteiger partial charge in [0.1, 0.15) is 0 Å². The SMILES string of the molecule is NC1Cc2ncccc2N(Cc2ccc(C(F)(F)F)cc2)C1=O. The summed E-state index contributed by atoms with van der Waals surface area (Å²) in [6, 6.07) is 7.53. The van der Waals surface area contributed by atoms with Gasteiger partial charge >= 0.3 is 6.18 Å². The van der Waals surface area contributed by atoms with E-state index in [0.29, 0.717) is 23.4 Å². The minimum Gasteiger partial charge on any atom is -0.320 e. The molecule has 3 rings (SSSR count). The zero-order valence-electron chi connectivity index (χ0n) is 12.0. The average molecular weight is 321 g/mol. The highest BCUT2D eigenvalue weighted by molar-refractivity contribution is 5.99. The molecule has 0 saturated carbocycles. The zero-order chi connectivity index (χ0) is 16.6. The number of carbonyl (C=O) groups excluding carboxylic acids is 1. The van der Waals surface area contributed by atoms with Crippen molar-refractivity contribution in [2.24, 2.45) is 5.73 Å². The second-order valence-corrected chi connectivity index (χ2v) is 5.40. The number of benzene rings is 1. The lowest BCUT2D eigenvalue weighted by molar-refractivity contribution is -0.137. The predicted octanol–water partition coefficient (Wildman–Crippen LogP) is 2.52. The normalized spacial score (nSPS) is 18.0. The van der Waals surface area contributed by atoms with Crippen LogP contribution in [0.15, 0.2) is 42.6 Å². The smallest absolute Gasteiger partial charge is 0.320 e. The molecule has 1 atom stereocenters. The molecule has 1 aliphatic heterocycles. The summed E-state index contributed by atoms with van der Waals surface area (Å²) in [4.78, 5) is 18.0. The molecule has 0 aliphatic carbocycles. The van der Waals surface area contributed by atoms with E-state index < -0.39 is 17.8 Å². The fourth-order valence-electron chi connectivity index (χ4n) is 2.59. The van der Waals surface area contributed by atoms with Crippen LogP contribution < -0.4 is 10.6 Å². The summed E-state index contributed by atoms with van der Waals surface area (Å²) >= 11 is 0. The Hall–Kier alpha value is -2.41. The van der Waals surface area contributed by atoms with Gasteiger partial charge in [-0.05, 0) is 29.8 Å². The Kier molecular flexibility index (Phi) is 3.81. The Bertz CT molecular complexity index is 728. The van der Waals surface area contributed by atoms with Crippen molar-refractivity contribution in [2.45, 2.75) is 25.2 Å². The molecular formula is C16H14F3N3O. The lowest BCUT2D eigenvalue weighted by Gasteiger charge is -2.32. The van der Waals surface area contributed by atoms with Crippen LogP contribution in [-0.2, 0) is 23.9 Å². The number of nitrogens with zero attached hydrogens (tertiary/aromatic N) is 2. The molecule has 1 amide bonds. The van der Waals surface area contributed by atoms with Crippen molar-refractivity contribution in [3.05, 3.63) is 59.4 Å². The van der Waals surface area contributed by atoms with Crippen LogP contribution in [0.25, 0.3) is 0 Å². The molecule has 1 aromatic heterocycles. The lowest BCUT2D eigenvalue weighted by atomic mass is 10.0. The van der Waals surface area contributed by atoms with E-state index in [1.54, 1.807) is 18.3 Å². The van der Waals surface area contributed by atoms with Gasteiger partial charge in [-0.25, -0.2) is 0 Å².